The lowest BCUT2D eigenvalue weighted by Gasteiger charge is -2.30. The smallest absolute Gasteiger partial charge is 0.245 e. The van der Waals surface area contributed by atoms with Crippen LogP contribution in [0.25, 0.3) is 33.2 Å². The first-order valence-electron chi connectivity index (χ1n) is 24.9. The summed E-state index contributed by atoms with van der Waals surface area (Å²) < 4.78 is 115. The van der Waals surface area contributed by atoms with Crippen molar-refractivity contribution in [3.63, 3.8) is 0 Å². The first-order chi connectivity index (χ1) is 31.5. The second-order valence-corrected chi connectivity index (χ2v) is 15.7. The second kappa shape index (κ2) is 18.1. The van der Waals surface area contributed by atoms with Crippen LogP contribution in [-0.2, 0) is 31.9 Å². The molecular weight excluding hydrogens is 745 g/mol. The molecule has 4 heterocycles. The van der Waals surface area contributed by atoms with Crippen molar-refractivity contribution in [2.45, 2.75) is 129 Å². The molecule has 314 valence electrons. The molecule has 0 aliphatic carbocycles. The van der Waals surface area contributed by atoms with Gasteiger partial charge in [-0.25, -0.2) is 8.78 Å². The highest BCUT2D eigenvalue weighted by atomic mass is 19.1. The van der Waals surface area contributed by atoms with Crippen LogP contribution in [0.3, 0.4) is 0 Å². The van der Waals surface area contributed by atoms with Crippen LogP contribution in [0.5, 0.6) is 0 Å². The van der Waals surface area contributed by atoms with Crippen LogP contribution < -0.4 is 5.32 Å². The number of aromatic amines is 2. The van der Waals surface area contributed by atoms with Crippen molar-refractivity contribution in [1.29, 1.82) is 0 Å². The van der Waals surface area contributed by atoms with Gasteiger partial charge in [0.1, 0.15) is 23.5 Å². The van der Waals surface area contributed by atoms with E-state index in [9.17, 15) is 34.9 Å². The van der Waals surface area contributed by atoms with E-state index in [4.69, 9.17) is 8.22 Å². The number of halogens is 2. The summed E-state index contributed by atoms with van der Waals surface area (Å²) in [5.74, 6) is -6.96. The molecule has 2 aliphatic rings. The fourth-order valence-corrected chi connectivity index (χ4v) is 7.88. The van der Waals surface area contributed by atoms with Crippen LogP contribution in [0.15, 0.2) is 36.4 Å². The summed E-state index contributed by atoms with van der Waals surface area (Å²) in [6.45, 7) is 0.608. The third-order valence-electron chi connectivity index (χ3n) is 11.4. The average Bonchev–Trinajstić information content (AvgIpc) is 4.02. The van der Waals surface area contributed by atoms with E-state index in [0.29, 0.717) is 0 Å². The van der Waals surface area contributed by atoms with Crippen LogP contribution >= 0.6 is 0 Å². The SMILES string of the molecule is [2H]C([2H])([2H])C[C@@H](C)C(=O)C[C@@H](CC)C(=O)N1C[C@@H](O)C[C@H]1C([2H])([2H])c1c(-c2[nH]c3cc(F)ccc3c2C([2H])([2H])[C@@H]2C[C@H](O)CN2C(=O)[C@H](CC)NC(=O)[C@H](C)CC([2H])([2H])[2H])[nH]c2cc(F)ccc12. The molecule has 3 amide bonds. The van der Waals surface area contributed by atoms with Crippen molar-refractivity contribution in [2.24, 2.45) is 17.8 Å². The lowest BCUT2D eigenvalue weighted by Crippen LogP contribution is -2.51. The summed E-state index contributed by atoms with van der Waals surface area (Å²) in [5, 5.41) is 25.0. The minimum absolute atomic E-state index is 0.0174. The molecule has 0 radical (unpaired) electrons. The highest BCUT2D eigenvalue weighted by molar-refractivity contribution is 5.96. The number of likely N-dealkylation sites (tertiary alicyclic amines) is 2. The molecule has 4 aromatic rings. The van der Waals surface area contributed by atoms with Crippen molar-refractivity contribution in [1.82, 2.24) is 25.1 Å². The number of benzene rings is 2. The number of aromatic nitrogens is 2. The number of aliphatic hydroxyl groups excluding tert-OH is 2. The third kappa shape index (κ3) is 8.85. The minimum atomic E-state index is -2.68. The molecule has 2 fully saturated rings. The summed E-state index contributed by atoms with van der Waals surface area (Å²) >= 11 is 0. The topological polar surface area (TPSA) is 159 Å². The molecule has 0 unspecified atom stereocenters. The van der Waals surface area contributed by atoms with E-state index in [1.807, 2.05) is 0 Å². The molecule has 2 aliphatic heterocycles. The first kappa shape index (κ1) is 31.3. The van der Waals surface area contributed by atoms with E-state index in [2.05, 4.69) is 15.3 Å². The lowest BCUT2D eigenvalue weighted by atomic mass is 9.90. The molecule has 13 heteroatoms. The molecule has 8 atom stereocenters. The number of amides is 3. The molecule has 2 aromatic heterocycles. The van der Waals surface area contributed by atoms with E-state index < -0.39 is 123 Å². The maximum atomic E-state index is 15.0. The number of ketones is 1. The number of nitrogens with one attached hydrogen (secondary N) is 3. The molecule has 58 heavy (non-hydrogen) atoms. The van der Waals surface area contributed by atoms with Crippen LogP contribution in [0.2, 0.25) is 0 Å². The normalized spacial score (nSPS) is 25.2. The molecule has 2 saturated heterocycles. The van der Waals surface area contributed by atoms with Crippen molar-refractivity contribution in [2.75, 3.05) is 13.1 Å². The Labute approximate surface area is 353 Å². The van der Waals surface area contributed by atoms with Gasteiger partial charge in [-0.2, -0.15) is 0 Å². The van der Waals surface area contributed by atoms with Crippen LogP contribution in [0.1, 0.15) is 111 Å². The van der Waals surface area contributed by atoms with Crippen LogP contribution in [0, 0.1) is 29.4 Å². The number of carbonyl (C=O) groups is 4. The fourth-order valence-electron chi connectivity index (χ4n) is 7.88. The largest absolute Gasteiger partial charge is 0.391 e. The number of hydrogen-bond acceptors (Lipinski definition) is 6. The molecule has 0 saturated carbocycles. The summed E-state index contributed by atoms with van der Waals surface area (Å²) in [5.41, 5.74) is -0.580. The number of carbonyl (C=O) groups excluding carboxylic acids is 4. The van der Waals surface area contributed by atoms with Gasteiger partial charge in [0.2, 0.25) is 17.7 Å². The van der Waals surface area contributed by atoms with Crippen molar-refractivity contribution < 1.29 is 51.9 Å². The zero-order valence-electron chi connectivity index (χ0n) is 43.1. The molecular formula is C45H59F2N5O6. The third-order valence-corrected chi connectivity index (χ3v) is 11.4. The van der Waals surface area contributed by atoms with Gasteiger partial charge in [-0.1, -0.05) is 41.4 Å². The summed E-state index contributed by atoms with van der Waals surface area (Å²) in [6.07, 6.45) is -9.48. The Hall–Kier alpha value is -4.62. The molecule has 2 aromatic carbocycles. The van der Waals surface area contributed by atoms with Crippen molar-refractivity contribution in [3.8, 4) is 11.4 Å². The number of hydrogen-bond donors (Lipinski definition) is 5. The number of fused-ring (bicyclic) bond motifs is 2. The van der Waals surface area contributed by atoms with Gasteiger partial charge in [0.25, 0.3) is 0 Å². The summed E-state index contributed by atoms with van der Waals surface area (Å²) in [7, 11) is 0. The number of H-pyrrole nitrogens is 2. The quantitative estimate of drug-likeness (QED) is 0.0861. The number of nitrogens with zero attached hydrogens (tertiary/aromatic N) is 2. The highest BCUT2D eigenvalue weighted by Gasteiger charge is 2.41. The van der Waals surface area contributed by atoms with Crippen LogP contribution in [-0.4, -0.2) is 96.9 Å². The number of β-amino-alcohol motifs (C(OH)–C–C–N with tert-alkyl or cyclic N) is 2. The average molecular weight is 814 g/mol. The van der Waals surface area contributed by atoms with E-state index >= 15 is 8.78 Å². The van der Waals surface area contributed by atoms with Crippen LogP contribution in [0.4, 0.5) is 8.78 Å². The van der Waals surface area contributed by atoms with Gasteiger partial charge in [-0.05, 0) is 98.8 Å². The van der Waals surface area contributed by atoms with Crippen molar-refractivity contribution in [3.05, 3.63) is 59.2 Å². The maximum Gasteiger partial charge on any atom is 0.245 e. The summed E-state index contributed by atoms with van der Waals surface area (Å²) in [6, 6.07) is 2.80. The molecule has 11 nitrogen and oxygen atoms in total. The Bertz CT molecular complexity index is 2380. The Balaban J connectivity index is 1.46. The predicted molar refractivity (Wildman–Crippen MR) is 220 cm³/mol. The number of rotatable bonds is 16. The number of Topliss-reactive ketones (excluding diaryl/α,β-unsaturated/α-hetero) is 1. The van der Waals surface area contributed by atoms with E-state index in [1.165, 1.54) is 26.0 Å². The Kier molecular flexibility index (Phi) is 9.78. The van der Waals surface area contributed by atoms with Gasteiger partial charge < -0.3 is 35.3 Å². The maximum absolute atomic E-state index is 15.0. The van der Waals surface area contributed by atoms with Gasteiger partial charge in [0.05, 0.1) is 23.6 Å². The van der Waals surface area contributed by atoms with Gasteiger partial charge in [0, 0.05) is 84.9 Å². The van der Waals surface area contributed by atoms with Crippen molar-refractivity contribution >= 4 is 45.3 Å². The van der Waals surface area contributed by atoms with E-state index in [-0.39, 0.29) is 89.5 Å². The fraction of sp³-hybridized carbons (Fsp3) is 0.556. The Morgan fingerprint density at radius 1 is 0.793 bits per heavy atom. The molecule has 0 spiro atoms. The second-order valence-electron chi connectivity index (χ2n) is 15.7. The zero-order chi connectivity index (χ0) is 50.6. The van der Waals surface area contributed by atoms with Gasteiger partial charge in [-0.3, -0.25) is 19.2 Å². The molecule has 5 N–H and O–H groups in total. The van der Waals surface area contributed by atoms with E-state index in [0.717, 1.165) is 34.1 Å². The Morgan fingerprint density at radius 3 is 1.78 bits per heavy atom. The van der Waals surface area contributed by atoms with Gasteiger partial charge in [-0.15, -0.1) is 0 Å². The predicted octanol–water partition coefficient (Wildman–Crippen LogP) is 6.58. The monoisotopic (exact) mass is 814 g/mol. The number of aliphatic hydroxyl groups is 2. The van der Waals surface area contributed by atoms with Gasteiger partial charge >= 0.3 is 0 Å². The lowest BCUT2D eigenvalue weighted by molar-refractivity contribution is -0.139. The molecule has 0 bridgehead atoms. The van der Waals surface area contributed by atoms with E-state index in [1.54, 1.807) is 13.8 Å². The summed E-state index contributed by atoms with van der Waals surface area (Å²) in [4.78, 5) is 63.5. The zero-order valence-corrected chi connectivity index (χ0v) is 33.1. The Morgan fingerprint density at radius 2 is 1.29 bits per heavy atom. The standard InChI is InChI=1S/C45H59F2N5O6/c1-7-24(5)40(55)15-26(9-3)44(57)51-22-31(53)18-29(51)20-35-33-13-11-27(46)16-38(33)48-41(35)42-36(34-14-12-28(47)17-39(34)49-42)21-30-19-32(54)23-52(30)45(58)37(10-4)50-43(56)25(6)8-2/h11-14,16-17,24-26,29-32,37,48-49,53-54H,7-10,15,18-23H2,1-6H3,(H,50,56)/t24-,25-,26-,29+,30+,31+,32+,37+/m1/s1/i1D3,2D3,20D2,21D2. The highest BCUT2D eigenvalue weighted by Crippen LogP contribution is 2.40. The first-order valence-corrected chi connectivity index (χ1v) is 19.9. The minimum Gasteiger partial charge on any atom is -0.391 e. The molecule has 6 rings (SSSR count). The van der Waals surface area contributed by atoms with Gasteiger partial charge in [0.15, 0.2) is 0 Å².